The van der Waals surface area contributed by atoms with Crippen LogP contribution in [0.1, 0.15) is 11.1 Å². The summed E-state index contributed by atoms with van der Waals surface area (Å²) in [6.45, 7) is 4.39. The Labute approximate surface area is 102 Å². The van der Waals surface area contributed by atoms with Gasteiger partial charge in [-0.15, -0.1) is 0 Å². The molecular formula is C14H14AlF. The van der Waals surface area contributed by atoms with E-state index in [1.165, 1.54) is 20.0 Å². The minimum Gasteiger partial charge on any atom is -1.00 e. The summed E-state index contributed by atoms with van der Waals surface area (Å²) in [6.07, 6.45) is 0. The fraction of sp³-hybridized carbons (Fsp3) is 0.143. The first-order valence-electron chi connectivity index (χ1n) is 5.23. The first-order valence-corrected chi connectivity index (χ1v) is 6.39. The zero-order chi connectivity index (χ0) is 10.7. The third kappa shape index (κ3) is 2.95. The van der Waals surface area contributed by atoms with Gasteiger partial charge in [-0.05, 0) is 0 Å². The number of halogens is 1. The maximum atomic E-state index is 2.25. The van der Waals surface area contributed by atoms with E-state index >= 15 is 0 Å². The molecule has 2 aromatic carbocycles. The molecule has 0 spiro atoms. The third-order valence-electron chi connectivity index (χ3n) is 2.69. The van der Waals surface area contributed by atoms with Crippen LogP contribution >= 0.6 is 0 Å². The molecule has 0 aromatic heterocycles. The number of rotatable bonds is 2. The summed E-state index contributed by atoms with van der Waals surface area (Å²) < 4.78 is 3.01. The Morgan fingerprint density at radius 1 is 0.688 bits per heavy atom. The molecule has 0 heterocycles. The van der Waals surface area contributed by atoms with Gasteiger partial charge in [-0.25, -0.2) is 0 Å². The van der Waals surface area contributed by atoms with Gasteiger partial charge in [-0.1, -0.05) is 0 Å². The Bertz CT molecular complexity index is 422. The Morgan fingerprint density at radius 2 is 1.06 bits per heavy atom. The van der Waals surface area contributed by atoms with Gasteiger partial charge < -0.3 is 4.70 Å². The molecule has 0 N–H and O–H groups in total. The van der Waals surface area contributed by atoms with Gasteiger partial charge >= 0.3 is 97.6 Å². The van der Waals surface area contributed by atoms with Crippen molar-refractivity contribution in [2.45, 2.75) is 13.8 Å². The van der Waals surface area contributed by atoms with Gasteiger partial charge in [0.25, 0.3) is 0 Å². The standard InChI is InChI=1S/2C7H7.Al.FH/c2*1-7-5-3-2-4-6-7;;/h2*2-5H,1H3;;1H/q;;+1;/p-1. The zero-order valence-corrected chi connectivity index (χ0v) is 10.7. The number of hydrogen-bond donors (Lipinski definition) is 0. The largest absolute Gasteiger partial charge is 1.00 e. The van der Waals surface area contributed by atoms with E-state index in [9.17, 15) is 0 Å². The summed E-state index contributed by atoms with van der Waals surface area (Å²) in [5, 5.41) is 0. The molecule has 80 valence electrons. The Morgan fingerprint density at radius 3 is 1.44 bits per heavy atom. The minimum absolute atomic E-state index is 0. The van der Waals surface area contributed by atoms with E-state index in [1.54, 1.807) is 0 Å². The fourth-order valence-electron chi connectivity index (χ4n) is 1.67. The number of hydrogen-bond acceptors (Lipinski definition) is 0. The summed E-state index contributed by atoms with van der Waals surface area (Å²) in [5.74, 6) is 0. The molecule has 0 aliphatic heterocycles. The van der Waals surface area contributed by atoms with E-state index in [4.69, 9.17) is 0 Å². The third-order valence-corrected chi connectivity index (χ3v) is 4.61. The van der Waals surface area contributed by atoms with Crippen LogP contribution in [-0.4, -0.2) is 15.2 Å². The van der Waals surface area contributed by atoms with Gasteiger partial charge in [0, 0.05) is 0 Å². The number of benzene rings is 2. The molecule has 2 rings (SSSR count). The summed E-state index contributed by atoms with van der Waals surface area (Å²) in [4.78, 5) is 0. The molecule has 0 bridgehead atoms. The molecule has 0 aliphatic carbocycles. The second kappa shape index (κ2) is 5.84. The molecule has 0 unspecified atom stereocenters. The first-order chi connectivity index (χ1) is 7.27. The average Bonchev–Trinajstić information content (AvgIpc) is 2.24. The molecule has 0 radical (unpaired) electrons. The Balaban J connectivity index is 0.00000128. The van der Waals surface area contributed by atoms with Crippen molar-refractivity contribution >= 4 is 24.1 Å². The molecule has 0 nitrogen and oxygen atoms in total. The monoisotopic (exact) mass is 228 g/mol. The summed E-state index contributed by atoms with van der Waals surface area (Å²) >= 11 is 0.241. The molecule has 16 heavy (non-hydrogen) atoms. The normalized spacial score (nSPS) is 9.12. The van der Waals surface area contributed by atoms with E-state index in [2.05, 4.69) is 62.4 Å². The van der Waals surface area contributed by atoms with Crippen LogP contribution in [0, 0.1) is 13.8 Å². The van der Waals surface area contributed by atoms with E-state index in [0.717, 1.165) is 0 Å². The predicted octanol–water partition coefficient (Wildman–Crippen LogP) is -1.04. The van der Waals surface area contributed by atoms with Crippen molar-refractivity contribution in [3.05, 3.63) is 59.7 Å². The van der Waals surface area contributed by atoms with Crippen molar-refractivity contribution in [1.29, 1.82) is 0 Å². The van der Waals surface area contributed by atoms with Gasteiger partial charge in [-0.3, -0.25) is 0 Å². The van der Waals surface area contributed by atoms with Crippen molar-refractivity contribution in [3.63, 3.8) is 0 Å². The van der Waals surface area contributed by atoms with E-state index in [1.807, 2.05) is 0 Å². The van der Waals surface area contributed by atoms with E-state index in [0.29, 0.717) is 0 Å². The minimum atomic E-state index is 0. The van der Waals surface area contributed by atoms with E-state index in [-0.39, 0.29) is 19.9 Å². The van der Waals surface area contributed by atoms with Gasteiger partial charge in [0.1, 0.15) is 0 Å². The van der Waals surface area contributed by atoms with Gasteiger partial charge in [0.15, 0.2) is 0 Å². The smallest absolute Gasteiger partial charge is 1.00 e. The maximum absolute atomic E-state index is 2.25. The van der Waals surface area contributed by atoms with Crippen molar-refractivity contribution in [3.8, 4) is 0 Å². The SMILES string of the molecule is Cc1cccc[c]1[Al+][c]1ccccc1C.[F-]. The topological polar surface area (TPSA) is 0 Å². The van der Waals surface area contributed by atoms with Crippen LogP contribution in [0.5, 0.6) is 0 Å². The second-order valence-corrected chi connectivity index (χ2v) is 5.39. The van der Waals surface area contributed by atoms with Crippen molar-refractivity contribution < 1.29 is 4.70 Å². The Hall–Kier alpha value is -1.10. The van der Waals surface area contributed by atoms with Gasteiger partial charge in [-0.2, -0.15) is 0 Å². The van der Waals surface area contributed by atoms with Crippen LogP contribution in [0.15, 0.2) is 48.5 Å². The molecular weight excluding hydrogens is 214 g/mol. The molecule has 0 saturated heterocycles. The molecule has 0 saturated carbocycles. The van der Waals surface area contributed by atoms with Crippen LogP contribution in [-0.2, 0) is 0 Å². The van der Waals surface area contributed by atoms with E-state index < -0.39 is 0 Å². The van der Waals surface area contributed by atoms with Crippen molar-refractivity contribution in [2.75, 3.05) is 0 Å². The van der Waals surface area contributed by atoms with Crippen molar-refractivity contribution in [2.24, 2.45) is 0 Å². The van der Waals surface area contributed by atoms with Crippen LogP contribution < -0.4 is 13.6 Å². The average molecular weight is 228 g/mol. The maximum Gasteiger partial charge on any atom is -1.00 e. The molecule has 0 atom stereocenters. The number of aryl methyl sites for hydroxylation is 2. The van der Waals surface area contributed by atoms with Gasteiger partial charge in [0.05, 0.1) is 0 Å². The van der Waals surface area contributed by atoms with Crippen LogP contribution in [0.4, 0.5) is 0 Å². The molecule has 2 heteroatoms. The summed E-state index contributed by atoms with van der Waals surface area (Å²) in [6, 6.07) is 17.4. The fourth-order valence-corrected chi connectivity index (χ4v) is 3.06. The summed E-state index contributed by atoms with van der Waals surface area (Å²) in [5.41, 5.74) is 2.83. The molecule has 0 amide bonds. The summed E-state index contributed by atoms with van der Waals surface area (Å²) in [7, 11) is 0. The quantitative estimate of drug-likeness (QED) is 0.576. The van der Waals surface area contributed by atoms with Crippen LogP contribution in [0.2, 0.25) is 0 Å². The Kier molecular flexibility index (Phi) is 4.74. The predicted molar refractivity (Wildman–Crippen MR) is 67.4 cm³/mol. The molecule has 2 aromatic rings. The second-order valence-electron chi connectivity index (χ2n) is 3.86. The van der Waals surface area contributed by atoms with Crippen LogP contribution in [0.3, 0.4) is 0 Å². The van der Waals surface area contributed by atoms with Gasteiger partial charge in [0.2, 0.25) is 0 Å². The zero-order valence-electron chi connectivity index (χ0n) is 9.57. The molecule has 0 fully saturated rings. The first kappa shape index (κ1) is 13.0. The van der Waals surface area contributed by atoms with Crippen LogP contribution in [0.25, 0.3) is 0 Å². The molecule has 0 aliphatic rings. The van der Waals surface area contributed by atoms with Crippen molar-refractivity contribution in [1.82, 2.24) is 0 Å².